The minimum Gasteiger partial charge on any atom is -0.316 e. The average molecular weight is 276 g/mol. The fourth-order valence-corrected chi connectivity index (χ4v) is 5.46. The van der Waals surface area contributed by atoms with Gasteiger partial charge in [0.2, 0.25) is 0 Å². The molecule has 3 unspecified atom stereocenters. The van der Waals surface area contributed by atoms with Gasteiger partial charge in [-0.3, -0.25) is 4.90 Å². The molecule has 0 aromatic carbocycles. The van der Waals surface area contributed by atoms with Crippen molar-refractivity contribution < 1.29 is 0 Å². The van der Waals surface area contributed by atoms with Gasteiger partial charge in [-0.2, -0.15) is 0 Å². The number of piperidine rings is 2. The molecule has 0 radical (unpaired) electrons. The lowest BCUT2D eigenvalue weighted by atomic mass is 9.73. The molecule has 2 aliphatic heterocycles. The smallest absolute Gasteiger partial charge is 0.00982 e. The average Bonchev–Trinajstić information content (AvgIpc) is 3.33. The van der Waals surface area contributed by atoms with Gasteiger partial charge in [-0.1, -0.05) is 12.8 Å². The van der Waals surface area contributed by atoms with Crippen LogP contribution in [0.2, 0.25) is 0 Å². The van der Waals surface area contributed by atoms with Gasteiger partial charge in [-0.25, -0.2) is 0 Å². The fraction of sp³-hybridized carbons (Fsp3) is 1.00. The number of nitrogens with zero attached hydrogens (tertiary/aromatic N) is 1. The first-order chi connectivity index (χ1) is 9.85. The highest BCUT2D eigenvalue weighted by molar-refractivity contribution is 4.95. The van der Waals surface area contributed by atoms with Crippen LogP contribution in [0.5, 0.6) is 0 Å². The Balaban J connectivity index is 1.39. The zero-order chi connectivity index (χ0) is 13.4. The largest absolute Gasteiger partial charge is 0.316 e. The summed E-state index contributed by atoms with van der Waals surface area (Å²) in [7, 11) is 0. The number of hydrogen-bond donors (Lipinski definition) is 1. The molecule has 0 aromatic heterocycles. The third kappa shape index (κ3) is 2.78. The molecule has 114 valence electrons. The third-order valence-corrected chi connectivity index (χ3v) is 6.74. The summed E-state index contributed by atoms with van der Waals surface area (Å²) in [6, 6.07) is 0.938. The van der Waals surface area contributed by atoms with E-state index in [1.165, 1.54) is 71.1 Å². The molecule has 3 atom stereocenters. The van der Waals surface area contributed by atoms with Crippen molar-refractivity contribution in [2.75, 3.05) is 26.2 Å². The lowest BCUT2D eigenvalue weighted by Crippen LogP contribution is -2.54. The third-order valence-electron chi connectivity index (χ3n) is 6.74. The van der Waals surface area contributed by atoms with Gasteiger partial charge in [0.1, 0.15) is 0 Å². The number of likely N-dealkylation sites (tertiary alicyclic amines) is 1. The van der Waals surface area contributed by atoms with Gasteiger partial charge in [0, 0.05) is 19.1 Å². The second-order valence-electron chi connectivity index (χ2n) is 8.27. The van der Waals surface area contributed by atoms with Gasteiger partial charge >= 0.3 is 0 Å². The zero-order valence-corrected chi connectivity index (χ0v) is 13.1. The van der Waals surface area contributed by atoms with Crippen molar-refractivity contribution in [1.29, 1.82) is 0 Å². The molecule has 2 aliphatic carbocycles. The Morgan fingerprint density at radius 1 is 0.900 bits per heavy atom. The first-order valence-corrected chi connectivity index (χ1v) is 9.29. The normalized spacial score (nSPS) is 43.8. The summed E-state index contributed by atoms with van der Waals surface area (Å²) in [6.45, 7) is 5.35. The van der Waals surface area contributed by atoms with E-state index in [9.17, 15) is 0 Å². The zero-order valence-electron chi connectivity index (χ0n) is 13.1. The molecule has 2 saturated heterocycles. The predicted octanol–water partition coefficient (Wildman–Crippen LogP) is 3.42. The summed E-state index contributed by atoms with van der Waals surface area (Å²) in [5.74, 6) is 2.23. The molecule has 2 heteroatoms. The monoisotopic (exact) mass is 276 g/mol. The van der Waals surface area contributed by atoms with E-state index in [4.69, 9.17) is 0 Å². The summed E-state index contributed by atoms with van der Waals surface area (Å²) in [5.41, 5.74) is 0.642. The van der Waals surface area contributed by atoms with E-state index in [1.807, 2.05) is 0 Å². The van der Waals surface area contributed by atoms with Crippen LogP contribution >= 0.6 is 0 Å². The summed E-state index contributed by atoms with van der Waals surface area (Å²) in [4.78, 5) is 2.92. The molecule has 4 rings (SSSR count). The van der Waals surface area contributed by atoms with Crippen molar-refractivity contribution in [3.05, 3.63) is 0 Å². The van der Waals surface area contributed by atoms with Gasteiger partial charge in [0.05, 0.1) is 0 Å². The lowest BCUT2D eigenvalue weighted by molar-refractivity contribution is 0.0173. The Morgan fingerprint density at radius 2 is 1.80 bits per heavy atom. The van der Waals surface area contributed by atoms with Crippen molar-refractivity contribution in [1.82, 2.24) is 10.2 Å². The number of hydrogen-bond acceptors (Lipinski definition) is 2. The Hall–Kier alpha value is -0.0800. The summed E-state index contributed by atoms with van der Waals surface area (Å²) in [5, 5.41) is 3.68. The number of nitrogens with one attached hydrogen (secondary N) is 1. The molecule has 0 aromatic rings. The first-order valence-electron chi connectivity index (χ1n) is 9.29. The molecular weight excluding hydrogens is 244 g/mol. The molecule has 0 bridgehead atoms. The van der Waals surface area contributed by atoms with Crippen molar-refractivity contribution in [3.63, 3.8) is 0 Å². The Bertz CT molecular complexity index is 325. The first kappa shape index (κ1) is 13.6. The van der Waals surface area contributed by atoms with Crippen LogP contribution in [0.4, 0.5) is 0 Å². The molecule has 20 heavy (non-hydrogen) atoms. The van der Waals surface area contributed by atoms with E-state index in [-0.39, 0.29) is 0 Å². The van der Waals surface area contributed by atoms with Crippen LogP contribution in [0, 0.1) is 17.3 Å². The molecule has 2 saturated carbocycles. The van der Waals surface area contributed by atoms with Crippen molar-refractivity contribution in [2.45, 2.75) is 70.3 Å². The van der Waals surface area contributed by atoms with Crippen LogP contribution in [0.3, 0.4) is 0 Å². The predicted molar refractivity (Wildman–Crippen MR) is 83.8 cm³/mol. The maximum absolute atomic E-state index is 3.68. The lowest BCUT2D eigenvalue weighted by Gasteiger charge is -2.49. The molecule has 0 amide bonds. The molecule has 2 nitrogen and oxygen atoms in total. The fourth-order valence-electron chi connectivity index (χ4n) is 5.46. The Morgan fingerprint density at radius 3 is 2.60 bits per heavy atom. The van der Waals surface area contributed by atoms with E-state index < -0.39 is 0 Å². The second-order valence-corrected chi connectivity index (χ2v) is 8.27. The maximum atomic E-state index is 3.68. The minimum atomic E-state index is 0.642. The highest BCUT2D eigenvalue weighted by atomic mass is 15.2. The molecule has 1 spiro atoms. The van der Waals surface area contributed by atoms with Gasteiger partial charge in [0.15, 0.2) is 0 Å². The molecule has 1 N–H and O–H groups in total. The van der Waals surface area contributed by atoms with Crippen LogP contribution in [-0.4, -0.2) is 37.1 Å². The Labute approximate surface area is 124 Å². The van der Waals surface area contributed by atoms with Gasteiger partial charge < -0.3 is 5.32 Å². The SMILES string of the molecule is C1CC(C2CC2)CC(N2CCCC3(CCCNC3)C2)C1. The van der Waals surface area contributed by atoms with Crippen LogP contribution in [-0.2, 0) is 0 Å². The Kier molecular flexibility index (Phi) is 3.80. The quantitative estimate of drug-likeness (QED) is 0.831. The van der Waals surface area contributed by atoms with E-state index in [0.717, 1.165) is 17.9 Å². The highest BCUT2D eigenvalue weighted by Crippen LogP contribution is 2.46. The molecule has 4 fully saturated rings. The highest BCUT2D eigenvalue weighted by Gasteiger charge is 2.41. The van der Waals surface area contributed by atoms with E-state index in [0.29, 0.717) is 5.41 Å². The van der Waals surface area contributed by atoms with Crippen molar-refractivity contribution >= 4 is 0 Å². The summed E-state index contributed by atoms with van der Waals surface area (Å²) < 4.78 is 0. The van der Waals surface area contributed by atoms with E-state index in [1.54, 1.807) is 19.3 Å². The molecule has 2 heterocycles. The van der Waals surface area contributed by atoms with Crippen LogP contribution in [0.25, 0.3) is 0 Å². The van der Waals surface area contributed by atoms with E-state index in [2.05, 4.69) is 10.2 Å². The van der Waals surface area contributed by atoms with E-state index >= 15 is 0 Å². The number of rotatable bonds is 2. The summed E-state index contributed by atoms with van der Waals surface area (Å²) in [6.07, 6.45) is 15.0. The van der Waals surface area contributed by atoms with Crippen LogP contribution in [0.1, 0.15) is 64.2 Å². The van der Waals surface area contributed by atoms with Crippen LogP contribution in [0.15, 0.2) is 0 Å². The van der Waals surface area contributed by atoms with Gasteiger partial charge in [-0.05, 0) is 81.7 Å². The standard InChI is InChI=1S/C18H32N2/c1-4-16(15-6-7-15)12-17(5-1)20-11-3-9-18(14-20)8-2-10-19-13-18/h15-17,19H,1-14H2. The minimum absolute atomic E-state index is 0.642. The van der Waals surface area contributed by atoms with Crippen molar-refractivity contribution in [2.24, 2.45) is 17.3 Å². The summed E-state index contributed by atoms with van der Waals surface area (Å²) >= 11 is 0. The van der Waals surface area contributed by atoms with Gasteiger partial charge in [-0.15, -0.1) is 0 Å². The molecular formula is C18H32N2. The maximum Gasteiger partial charge on any atom is 0.00982 e. The van der Waals surface area contributed by atoms with Gasteiger partial charge in [0.25, 0.3) is 0 Å². The second kappa shape index (κ2) is 5.61. The molecule has 4 aliphatic rings. The topological polar surface area (TPSA) is 15.3 Å². The van der Waals surface area contributed by atoms with Crippen LogP contribution < -0.4 is 5.32 Å². The van der Waals surface area contributed by atoms with Crippen molar-refractivity contribution in [3.8, 4) is 0 Å².